The molecule has 0 radical (unpaired) electrons. The highest BCUT2D eigenvalue weighted by Crippen LogP contribution is 2.31. The molecule has 0 fully saturated rings. The average Bonchev–Trinajstić information content (AvgIpc) is 2.53. The molecule has 2 rings (SSSR count). The molecule has 21 heavy (non-hydrogen) atoms. The molecule has 0 amide bonds. The van der Waals surface area contributed by atoms with Gasteiger partial charge < -0.3 is 9.84 Å². The maximum atomic E-state index is 11.4. The van der Waals surface area contributed by atoms with Gasteiger partial charge in [0.1, 0.15) is 0 Å². The fourth-order valence-corrected chi connectivity index (χ4v) is 2.50. The Hall–Kier alpha value is -2.14. The molecule has 4 nitrogen and oxygen atoms in total. The van der Waals surface area contributed by atoms with Crippen molar-refractivity contribution in [3.05, 3.63) is 70.8 Å². The van der Waals surface area contributed by atoms with Gasteiger partial charge in [0.25, 0.3) is 0 Å². The molecular formula is C16H13BrO4. The van der Waals surface area contributed by atoms with Crippen LogP contribution in [0.2, 0.25) is 0 Å². The second-order valence-electron chi connectivity index (χ2n) is 4.40. The number of carboxylic acids is 1. The molecule has 0 aliphatic heterocycles. The lowest BCUT2D eigenvalue weighted by atomic mass is 10.0. The van der Waals surface area contributed by atoms with Gasteiger partial charge in [-0.15, -0.1) is 0 Å². The molecule has 0 saturated carbocycles. The van der Waals surface area contributed by atoms with Gasteiger partial charge in [-0.25, -0.2) is 9.59 Å². The Bertz CT molecular complexity index is 647. The van der Waals surface area contributed by atoms with Crippen LogP contribution in [0.5, 0.6) is 0 Å². The number of hydrogen-bond donors (Lipinski definition) is 1. The van der Waals surface area contributed by atoms with Gasteiger partial charge in [0, 0.05) is 0 Å². The normalized spacial score (nSPS) is 11.7. The number of ether oxygens (including phenoxy) is 1. The average molecular weight is 349 g/mol. The van der Waals surface area contributed by atoms with E-state index >= 15 is 0 Å². The van der Waals surface area contributed by atoms with Crippen molar-refractivity contribution in [3.8, 4) is 0 Å². The van der Waals surface area contributed by atoms with Gasteiger partial charge in [-0.1, -0.05) is 40.2 Å². The number of carbonyl (C=O) groups is 2. The number of carboxylic acid groups (broad SMARTS) is 1. The lowest BCUT2D eigenvalue weighted by Crippen LogP contribution is -2.02. The predicted molar refractivity (Wildman–Crippen MR) is 82.0 cm³/mol. The van der Waals surface area contributed by atoms with Crippen LogP contribution in [-0.2, 0) is 4.74 Å². The molecule has 2 aromatic carbocycles. The number of rotatable bonds is 4. The summed E-state index contributed by atoms with van der Waals surface area (Å²) in [6.45, 7) is 0. The van der Waals surface area contributed by atoms with Crippen LogP contribution in [-0.4, -0.2) is 24.2 Å². The summed E-state index contributed by atoms with van der Waals surface area (Å²) in [5.74, 6) is -1.33. The number of aromatic carboxylic acids is 1. The maximum Gasteiger partial charge on any atom is 0.337 e. The van der Waals surface area contributed by atoms with Gasteiger partial charge in [0.05, 0.1) is 23.1 Å². The van der Waals surface area contributed by atoms with E-state index in [1.54, 1.807) is 36.4 Å². The van der Waals surface area contributed by atoms with Crippen LogP contribution in [0.4, 0.5) is 0 Å². The molecule has 0 bridgehead atoms. The highest BCUT2D eigenvalue weighted by Gasteiger charge is 2.12. The van der Waals surface area contributed by atoms with Crippen LogP contribution in [0.15, 0.2) is 48.5 Å². The van der Waals surface area contributed by atoms with Crippen LogP contribution >= 0.6 is 15.9 Å². The summed E-state index contributed by atoms with van der Waals surface area (Å²) >= 11 is 3.57. The summed E-state index contributed by atoms with van der Waals surface area (Å²) in [7, 11) is 1.34. The van der Waals surface area contributed by atoms with Gasteiger partial charge in [-0.05, 0) is 35.4 Å². The smallest absolute Gasteiger partial charge is 0.337 e. The number of alkyl halides is 1. The van der Waals surface area contributed by atoms with Gasteiger partial charge in [-0.3, -0.25) is 0 Å². The van der Waals surface area contributed by atoms with Gasteiger partial charge >= 0.3 is 11.9 Å². The molecule has 0 heterocycles. The molecule has 0 spiro atoms. The van der Waals surface area contributed by atoms with E-state index in [0.717, 1.165) is 11.1 Å². The minimum atomic E-state index is -0.949. The highest BCUT2D eigenvalue weighted by molar-refractivity contribution is 9.09. The van der Waals surface area contributed by atoms with Crippen LogP contribution in [0.25, 0.3) is 0 Å². The van der Waals surface area contributed by atoms with Crippen LogP contribution in [0.3, 0.4) is 0 Å². The summed E-state index contributed by atoms with van der Waals surface area (Å²) in [5, 5.41) is 8.88. The van der Waals surface area contributed by atoms with Crippen molar-refractivity contribution in [2.24, 2.45) is 0 Å². The lowest BCUT2D eigenvalue weighted by Gasteiger charge is -2.11. The van der Waals surface area contributed by atoms with E-state index in [1.807, 2.05) is 12.1 Å². The summed E-state index contributed by atoms with van der Waals surface area (Å²) in [6, 6.07) is 13.7. The van der Waals surface area contributed by atoms with Crippen molar-refractivity contribution in [1.29, 1.82) is 0 Å². The molecule has 2 aromatic rings. The Labute approximate surface area is 130 Å². The monoisotopic (exact) mass is 348 g/mol. The summed E-state index contributed by atoms with van der Waals surface area (Å²) in [5.41, 5.74) is 2.64. The van der Waals surface area contributed by atoms with Gasteiger partial charge in [0.2, 0.25) is 0 Å². The van der Waals surface area contributed by atoms with Crippen molar-refractivity contribution in [3.63, 3.8) is 0 Å². The number of hydrogen-bond acceptors (Lipinski definition) is 3. The first kappa shape index (κ1) is 15.3. The third-order valence-corrected chi connectivity index (χ3v) is 4.13. The van der Waals surface area contributed by atoms with Crippen molar-refractivity contribution < 1.29 is 19.4 Å². The van der Waals surface area contributed by atoms with Crippen LogP contribution < -0.4 is 0 Å². The van der Waals surface area contributed by atoms with Gasteiger partial charge in [-0.2, -0.15) is 0 Å². The Morgan fingerprint density at radius 2 is 1.38 bits per heavy atom. The molecule has 0 saturated heterocycles. The molecule has 1 unspecified atom stereocenters. The molecule has 108 valence electrons. The number of methoxy groups -OCH3 is 1. The SMILES string of the molecule is COC(=O)c1ccc(C(Br)c2ccc(C(=O)O)cc2)cc1. The van der Waals surface area contributed by atoms with Crippen molar-refractivity contribution >= 4 is 27.9 Å². The topological polar surface area (TPSA) is 63.6 Å². The standard InChI is InChI=1S/C16H13BrO4/c1-21-16(20)13-8-4-11(5-9-13)14(17)10-2-6-12(7-3-10)15(18)19/h2-9,14H,1H3,(H,18,19). The van der Waals surface area contributed by atoms with Gasteiger partial charge in [0.15, 0.2) is 0 Å². The fraction of sp³-hybridized carbons (Fsp3) is 0.125. The van der Waals surface area contributed by atoms with E-state index in [4.69, 9.17) is 5.11 Å². The quantitative estimate of drug-likeness (QED) is 0.676. The fourth-order valence-electron chi connectivity index (χ4n) is 1.89. The molecule has 0 aliphatic carbocycles. The zero-order chi connectivity index (χ0) is 15.4. The van der Waals surface area contributed by atoms with Crippen molar-refractivity contribution in [2.75, 3.05) is 7.11 Å². The Kier molecular flexibility index (Phi) is 4.75. The zero-order valence-electron chi connectivity index (χ0n) is 11.2. The predicted octanol–water partition coefficient (Wildman–Crippen LogP) is 3.66. The molecule has 0 aromatic heterocycles. The Morgan fingerprint density at radius 1 is 0.952 bits per heavy atom. The third-order valence-electron chi connectivity index (χ3n) is 3.07. The highest BCUT2D eigenvalue weighted by atomic mass is 79.9. The summed E-state index contributed by atoms with van der Waals surface area (Å²) < 4.78 is 4.65. The Balaban J connectivity index is 2.21. The largest absolute Gasteiger partial charge is 0.478 e. The van der Waals surface area contributed by atoms with Crippen LogP contribution in [0.1, 0.15) is 36.7 Å². The maximum absolute atomic E-state index is 11.4. The van der Waals surface area contributed by atoms with Crippen LogP contribution in [0, 0.1) is 0 Å². The molecule has 1 atom stereocenters. The molecule has 0 aliphatic rings. The number of esters is 1. The molecule has 1 N–H and O–H groups in total. The number of benzene rings is 2. The lowest BCUT2D eigenvalue weighted by molar-refractivity contribution is 0.0599. The first-order valence-corrected chi connectivity index (χ1v) is 7.10. The number of halogens is 1. The van der Waals surface area contributed by atoms with E-state index in [1.165, 1.54) is 7.11 Å². The second-order valence-corrected chi connectivity index (χ2v) is 5.32. The molecule has 5 heteroatoms. The Morgan fingerprint density at radius 3 is 1.76 bits per heavy atom. The third kappa shape index (κ3) is 3.49. The van der Waals surface area contributed by atoms with E-state index in [-0.39, 0.29) is 16.4 Å². The van der Waals surface area contributed by atoms with E-state index < -0.39 is 5.97 Å². The molecular weight excluding hydrogens is 336 g/mol. The van der Waals surface area contributed by atoms with Crippen molar-refractivity contribution in [1.82, 2.24) is 0 Å². The van der Waals surface area contributed by atoms with E-state index in [0.29, 0.717) is 5.56 Å². The van der Waals surface area contributed by atoms with E-state index in [2.05, 4.69) is 20.7 Å². The minimum Gasteiger partial charge on any atom is -0.478 e. The minimum absolute atomic E-state index is 0.0768. The summed E-state index contributed by atoms with van der Waals surface area (Å²) in [6.07, 6.45) is 0. The summed E-state index contributed by atoms with van der Waals surface area (Å²) in [4.78, 5) is 22.1. The zero-order valence-corrected chi connectivity index (χ0v) is 12.8. The number of carbonyl (C=O) groups excluding carboxylic acids is 1. The first-order chi connectivity index (χ1) is 10.0. The first-order valence-electron chi connectivity index (χ1n) is 6.18. The van der Waals surface area contributed by atoms with Crippen molar-refractivity contribution in [2.45, 2.75) is 4.83 Å². The second kappa shape index (κ2) is 6.54. The van der Waals surface area contributed by atoms with E-state index in [9.17, 15) is 9.59 Å².